The van der Waals surface area contributed by atoms with Crippen LogP contribution in [0.1, 0.15) is 37.3 Å². The van der Waals surface area contributed by atoms with Crippen molar-refractivity contribution >= 4 is 22.1 Å². The van der Waals surface area contributed by atoms with Crippen LogP contribution in [0.2, 0.25) is 0 Å². The SMILES string of the molecule is CCn1c(C2CCCCS2(=O)=O)n[nH]c1=S. The molecule has 7 heteroatoms. The molecule has 2 rings (SSSR count). The van der Waals surface area contributed by atoms with Crippen LogP contribution in [0, 0.1) is 4.77 Å². The number of nitrogens with one attached hydrogen (secondary N) is 1. The Balaban J connectivity index is 2.47. The summed E-state index contributed by atoms with van der Waals surface area (Å²) in [6, 6.07) is 0. The fourth-order valence-corrected chi connectivity index (χ4v) is 4.31. The van der Waals surface area contributed by atoms with Crippen LogP contribution in [-0.2, 0) is 16.4 Å². The summed E-state index contributed by atoms with van der Waals surface area (Å²) in [5.41, 5.74) is 0. The van der Waals surface area contributed by atoms with Gasteiger partial charge in [-0.25, -0.2) is 8.42 Å². The summed E-state index contributed by atoms with van der Waals surface area (Å²) < 4.78 is 26.2. The number of hydrogen-bond donors (Lipinski definition) is 1. The first kappa shape index (κ1) is 11.8. The van der Waals surface area contributed by atoms with Crippen LogP contribution in [0.25, 0.3) is 0 Å². The lowest BCUT2D eigenvalue weighted by atomic mass is 10.2. The van der Waals surface area contributed by atoms with E-state index in [9.17, 15) is 8.42 Å². The molecule has 1 N–H and O–H groups in total. The summed E-state index contributed by atoms with van der Waals surface area (Å²) in [4.78, 5) is 0. The summed E-state index contributed by atoms with van der Waals surface area (Å²) >= 11 is 5.07. The molecule has 1 aromatic rings. The molecule has 0 spiro atoms. The van der Waals surface area contributed by atoms with Gasteiger partial charge in [0.1, 0.15) is 11.1 Å². The molecule has 0 aliphatic carbocycles. The standard InChI is InChI=1S/C9H15N3O2S2/c1-2-12-8(10-11-9(12)15)7-5-3-4-6-16(7,13)14/h7H,2-6H2,1H3,(H,11,15). The van der Waals surface area contributed by atoms with Crippen LogP contribution in [-0.4, -0.2) is 28.9 Å². The predicted molar refractivity (Wildman–Crippen MR) is 63.5 cm³/mol. The molecule has 0 bridgehead atoms. The van der Waals surface area contributed by atoms with E-state index in [1.54, 1.807) is 4.57 Å². The van der Waals surface area contributed by atoms with Gasteiger partial charge in [0.25, 0.3) is 0 Å². The van der Waals surface area contributed by atoms with Gasteiger partial charge in [-0.2, -0.15) is 5.10 Å². The lowest BCUT2D eigenvalue weighted by molar-refractivity contribution is 0.527. The minimum atomic E-state index is -3.05. The summed E-state index contributed by atoms with van der Waals surface area (Å²) in [7, 11) is -3.05. The molecule has 2 heterocycles. The maximum atomic E-state index is 12.0. The first-order valence-electron chi connectivity index (χ1n) is 5.43. The van der Waals surface area contributed by atoms with Crippen molar-refractivity contribution in [1.29, 1.82) is 0 Å². The van der Waals surface area contributed by atoms with Crippen molar-refractivity contribution in [1.82, 2.24) is 14.8 Å². The highest BCUT2D eigenvalue weighted by atomic mass is 32.2. The molecule has 1 aliphatic heterocycles. The van der Waals surface area contributed by atoms with Gasteiger partial charge in [0.15, 0.2) is 14.6 Å². The first-order valence-corrected chi connectivity index (χ1v) is 7.55. The lowest BCUT2D eigenvalue weighted by Crippen LogP contribution is -2.24. The van der Waals surface area contributed by atoms with Gasteiger partial charge < -0.3 is 4.57 Å². The Morgan fingerprint density at radius 2 is 2.31 bits per heavy atom. The average Bonchev–Trinajstić information content (AvgIpc) is 2.58. The van der Waals surface area contributed by atoms with Crippen LogP contribution >= 0.6 is 12.2 Å². The van der Waals surface area contributed by atoms with E-state index in [-0.39, 0.29) is 5.75 Å². The quantitative estimate of drug-likeness (QED) is 0.821. The maximum absolute atomic E-state index is 12.0. The molecule has 1 unspecified atom stereocenters. The van der Waals surface area contributed by atoms with Crippen LogP contribution in [0.15, 0.2) is 0 Å². The summed E-state index contributed by atoms with van der Waals surface area (Å²) in [6.07, 6.45) is 2.35. The fourth-order valence-electron chi connectivity index (χ4n) is 2.13. The van der Waals surface area contributed by atoms with Crippen LogP contribution in [0.3, 0.4) is 0 Å². The Kier molecular flexibility index (Phi) is 3.16. The number of rotatable bonds is 2. The molecule has 0 radical (unpaired) electrons. The number of aromatic nitrogens is 3. The van der Waals surface area contributed by atoms with Crippen LogP contribution < -0.4 is 0 Å². The topological polar surface area (TPSA) is 67.8 Å². The minimum absolute atomic E-state index is 0.265. The van der Waals surface area contributed by atoms with Crippen molar-refractivity contribution in [2.24, 2.45) is 0 Å². The van der Waals surface area contributed by atoms with Gasteiger partial charge in [-0.05, 0) is 32.0 Å². The summed E-state index contributed by atoms with van der Waals surface area (Å²) in [5.74, 6) is 0.841. The molecule has 16 heavy (non-hydrogen) atoms. The number of sulfone groups is 1. The van der Waals surface area contributed by atoms with Crippen molar-refractivity contribution in [3.8, 4) is 0 Å². The molecular weight excluding hydrogens is 246 g/mol. The molecule has 1 saturated heterocycles. The monoisotopic (exact) mass is 261 g/mol. The van der Waals surface area contributed by atoms with E-state index in [0.29, 0.717) is 23.6 Å². The summed E-state index contributed by atoms with van der Waals surface area (Å²) in [6.45, 7) is 2.58. The van der Waals surface area contributed by atoms with E-state index in [2.05, 4.69) is 10.2 Å². The number of aromatic amines is 1. The molecule has 1 atom stereocenters. The number of H-pyrrole nitrogens is 1. The molecule has 90 valence electrons. The molecule has 1 aliphatic rings. The molecule has 0 aromatic carbocycles. The normalized spacial score (nSPS) is 24.4. The van der Waals surface area contributed by atoms with Gasteiger partial charge in [0.2, 0.25) is 0 Å². The van der Waals surface area contributed by atoms with Gasteiger partial charge in [0, 0.05) is 6.54 Å². The Bertz CT molecular complexity index is 529. The van der Waals surface area contributed by atoms with Crippen molar-refractivity contribution in [2.45, 2.75) is 38.0 Å². The largest absolute Gasteiger partial charge is 0.303 e. The van der Waals surface area contributed by atoms with Crippen LogP contribution in [0.5, 0.6) is 0 Å². The second-order valence-electron chi connectivity index (χ2n) is 3.98. The Morgan fingerprint density at radius 1 is 1.56 bits per heavy atom. The molecule has 1 aromatic heterocycles. The Hall–Kier alpha value is -0.690. The zero-order valence-corrected chi connectivity index (χ0v) is 10.8. The fraction of sp³-hybridized carbons (Fsp3) is 0.778. The third-order valence-corrected chi connectivity index (χ3v) is 5.45. The first-order chi connectivity index (χ1) is 7.56. The third-order valence-electron chi connectivity index (χ3n) is 2.97. The van der Waals surface area contributed by atoms with E-state index < -0.39 is 15.1 Å². The van der Waals surface area contributed by atoms with E-state index in [0.717, 1.165) is 12.8 Å². The molecule has 0 saturated carbocycles. The van der Waals surface area contributed by atoms with Gasteiger partial charge in [-0.1, -0.05) is 6.42 Å². The molecule has 1 fully saturated rings. The van der Waals surface area contributed by atoms with E-state index in [1.165, 1.54) is 0 Å². The molecule has 0 amide bonds. The second-order valence-corrected chi connectivity index (χ2v) is 6.67. The van der Waals surface area contributed by atoms with E-state index >= 15 is 0 Å². The predicted octanol–water partition coefficient (Wildman–Crippen LogP) is 1.60. The highest BCUT2D eigenvalue weighted by molar-refractivity contribution is 7.91. The molecule has 5 nitrogen and oxygen atoms in total. The van der Waals surface area contributed by atoms with Crippen molar-refractivity contribution in [3.63, 3.8) is 0 Å². The minimum Gasteiger partial charge on any atom is -0.303 e. The van der Waals surface area contributed by atoms with Crippen molar-refractivity contribution in [2.75, 3.05) is 5.75 Å². The Labute approximate surface area is 99.8 Å². The molecular formula is C9H15N3O2S2. The third kappa shape index (κ3) is 1.93. The van der Waals surface area contributed by atoms with Gasteiger partial charge in [0.05, 0.1) is 5.75 Å². The highest BCUT2D eigenvalue weighted by Gasteiger charge is 2.33. The van der Waals surface area contributed by atoms with E-state index in [1.807, 2.05) is 6.92 Å². The van der Waals surface area contributed by atoms with Crippen LogP contribution in [0.4, 0.5) is 0 Å². The van der Waals surface area contributed by atoms with Gasteiger partial charge in [-0.3, -0.25) is 5.10 Å². The number of nitrogens with zero attached hydrogens (tertiary/aromatic N) is 2. The van der Waals surface area contributed by atoms with Crippen molar-refractivity contribution < 1.29 is 8.42 Å². The van der Waals surface area contributed by atoms with Crippen molar-refractivity contribution in [3.05, 3.63) is 10.6 Å². The van der Waals surface area contributed by atoms with Gasteiger partial charge >= 0.3 is 0 Å². The average molecular weight is 261 g/mol. The zero-order valence-electron chi connectivity index (χ0n) is 9.14. The van der Waals surface area contributed by atoms with E-state index in [4.69, 9.17) is 12.2 Å². The number of hydrogen-bond acceptors (Lipinski definition) is 4. The lowest BCUT2D eigenvalue weighted by Gasteiger charge is -2.21. The van der Waals surface area contributed by atoms with Gasteiger partial charge in [-0.15, -0.1) is 0 Å². The summed E-state index contributed by atoms with van der Waals surface area (Å²) in [5, 5.41) is 6.27. The maximum Gasteiger partial charge on any atom is 0.195 e. The second kappa shape index (κ2) is 4.29. The zero-order chi connectivity index (χ0) is 11.8. The Morgan fingerprint density at radius 3 is 2.94 bits per heavy atom. The smallest absolute Gasteiger partial charge is 0.195 e. The highest BCUT2D eigenvalue weighted by Crippen LogP contribution is 2.32.